The molecule has 27 N–H and O–H groups in total. The molecular formula is C75H98BrN16O27+. The predicted molar refractivity (Wildman–Crippen MR) is 412 cm³/mol. The number of nitrogens with zero attached hydrogens (tertiary/aromatic N) is 2. The number of amides is 14. The highest BCUT2D eigenvalue weighted by atomic mass is 79.9. The van der Waals surface area contributed by atoms with Crippen LogP contribution in [-0.2, 0) is 102 Å². The van der Waals surface area contributed by atoms with Gasteiger partial charge in [-0.15, -0.1) is 0 Å². The fraction of sp³-hybridized carbons (Fsp3) is 0.467. The summed E-state index contributed by atoms with van der Waals surface area (Å²) in [5.41, 5.74) is 12.4. The van der Waals surface area contributed by atoms with Crippen LogP contribution in [0.25, 0.3) is 6.08 Å². The number of benzene rings is 3. The number of β-amino-alcohol motifs (C(OH)–C–C–N with tert-alkyl or cyclic N) is 1. The molecule has 3 aromatic carbocycles. The van der Waals surface area contributed by atoms with Crippen LogP contribution in [0.4, 0.5) is 0 Å². The number of nitrogens with two attached hydrogens (primary N) is 2. The van der Waals surface area contributed by atoms with Gasteiger partial charge in [0.05, 0.1) is 51.0 Å². The zero-order chi connectivity index (χ0) is 87.6. The minimum Gasteiger partial charge on any atom is -0.480 e. The molecule has 0 saturated carbocycles. The Kier molecular flexibility index (Phi) is 35.6. The lowest BCUT2D eigenvalue weighted by Gasteiger charge is -2.38. The van der Waals surface area contributed by atoms with Crippen LogP contribution < -0.4 is 79.8 Å². The van der Waals surface area contributed by atoms with Gasteiger partial charge in [0, 0.05) is 36.6 Å². The van der Waals surface area contributed by atoms with Gasteiger partial charge in [-0.05, 0) is 55.5 Å². The Balaban J connectivity index is 1.44. The number of primary amides is 2. The molecule has 7 rings (SSSR count). The van der Waals surface area contributed by atoms with E-state index in [1.165, 1.54) is 30.3 Å². The summed E-state index contributed by atoms with van der Waals surface area (Å²) in [6.45, 7) is -3.27. The smallest absolute Gasteiger partial charge is 0.326 e. The van der Waals surface area contributed by atoms with Gasteiger partial charge in [0.1, 0.15) is 109 Å². The number of aliphatic hydroxyl groups excluding tert-OH is 10. The molecule has 44 heteroatoms. The Bertz CT molecular complexity index is 4350. The molecule has 2 unspecified atom stereocenters. The molecular weight excluding hydrogens is 1640 g/mol. The summed E-state index contributed by atoms with van der Waals surface area (Å²) >= 11 is 3.27. The van der Waals surface area contributed by atoms with E-state index in [0.717, 1.165) is 28.6 Å². The number of allylic oxidation sites excluding steroid dienone is 2. The average Bonchev–Trinajstić information content (AvgIpc) is 1.68. The molecule has 3 aliphatic heterocycles. The zero-order valence-corrected chi connectivity index (χ0v) is 65.7. The summed E-state index contributed by atoms with van der Waals surface area (Å²) < 4.78 is 8.26. The van der Waals surface area contributed by atoms with Crippen molar-refractivity contribution >= 4 is 111 Å². The number of aliphatic carboxylic acids is 1. The van der Waals surface area contributed by atoms with E-state index in [1.54, 1.807) is 79.7 Å². The van der Waals surface area contributed by atoms with E-state index in [9.17, 15) is 119 Å². The Morgan fingerprint density at radius 3 is 1.76 bits per heavy atom. The van der Waals surface area contributed by atoms with Crippen molar-refractivity contribution < 1.29 is 137 Å². The molecule has 0 radical (unpaired) electrons. The minimum absolute atomic E-state index is 0.281. The molecule has 1 aromatic heterocycles. The van der Waals surface area contributed by atoms with Crippen LogP contribution in [-0.4, -0.2) is 291 Å². The summed E-state index contributed by atoms with van der Waals surface area (Å²) in [4.78, 5) is 214. The number of ether oxygens (including phenoxy) is 1. The van der Waals surface area contributed by atoms with E-state index < -0.39 is 300 Å². The van der Waals surface area contributed by atoms with Crippen molar-refractivity contribution in [1.82, 2.24) is 68.4 Å². The quantitative estimate of drug-likeness (QED) is 0.0325. The molecule has 14 amide bonds. The van der Waals surface area contributed by atoms with Gasteiger partial charge in [-0.2, -0.15) is 0 Å². The van der Waals surface area contributed by atoms with Crippen molar-refractivity contribution in [2.45, 2.75) is 193 Å². The maximum absolute atomic E-state index is 15.3. The number of hydrogen-bond acceptors (Lipinski definition) is 26. The van der Waals surface area contributed by atoms with Gasteiger partial charge >= 0.3 is 5.97 Å². The van der Waals surface area contributed by atoms with Crippen LogP contribution in [0, 0.1) is 0 Å². The zero-order valence-electron chi connectivity index (χ0n) is 64.1. The number of imidazole rings is 1. The van der Waals surface area contributed by atoms with Crippen LogP contribution in [0.1, 0.15) is 74.6 Å². The molecule has 20 atom stereocenters. The van der Waals surface area contributed by atoms with E-state index >= 15 is 9.59 Å². The SMILES string of the molecule is CC(/C=C/c1ccccc1)=C\[C@H](O)[C@@H]1CC(=O)N[C@@H](CO)C(=O)NC2C[n+]3cc(n([C@H]4O[C@@H](CO)[C@@H](O)[C@@H](O)[C@@H]4O)c3)CC(NC(=O)CCC[C@@H](C(=O)O)NC(=O)[C@@H](O)CNC(=O)[C@H](Cc3ccc(Br)cc3)NC(=O)[C@H]([C@@H](O)C(N)=O)NC(=O)[C@H](CC(N)=O)NC2=O)C(=O)N[C@@H]([C@H](C)O)C(=O)N[C@@H](CO)C(=O)N[C@@H](Cc2ccccc2)C(=O)N1. The Morgan fingerprint density at radius 2 is 1.14 bits per heavy atom. The van der Waals surface area contributed by atoms with E-state index in [4.69, 9.17) is 16.2 Å². The first-order valence-corrected chi connectivity index (χ1v) is 38.1. The maximum Gasteiger partial charge on any atom is 0.326 e. The third kappa shape index (κ3) is 27.8. The van der Waals surface area contributed by atoms with E-state index in [0.29, 0.717) is 21.2 Å². The highest BCUT2D eigenvalue weighted by Crippen LogP contribution is 2.30. The average molecular weight is 1740 g/mol. The first-order chi connectivity index (χ1) is 56.4. The largest absolute Gasteiger partial charge is 0.480 e. The molecule has 4 heterocycles. The van der Waals surface area contributed by atoms with Crippen LogP contribution >= 0.6 is 15.9 Å². The summed E-state index contributed by atoms with van der Waals surface area (Å²) in [6.07, 6.45) is -18.9. The molecule has 4 bridgehead atoms. The molecule has 1 fully saturated rings. The third-order valence-electron chi connectivity index (χ3n) is 19.2. The van der Waals surface area contributed by atoms with Crippen molar-refractivity contribution in [3.8, 4) is 0 Å². The molecule has 119 heavy (non-hydrogen) atoms. The number of fused-ring (bicyclic) bond motifs is 2. The lowest BCUT2D eigenvalue weighted by molar-refractivity contribution is -0.697. The number of nitrogens with one attached hydrogen (secondary N) is 12. The van der Waals surface area contributed by atoms with Gasteiger partial charge in [-0.3, -0.25) is 67.1 Å². The highest BCUT2D eigenvalue weighted by Gasteiger charge is 2.49. The summed E-state index contributed by atoms with van der Waals surface area (Å²) in [6, 6.07) is -0.623. The Morgan fingerprint density at radius 1 is 0.588 bits per heavy atom. The Hall–Kier alpha value is -11.6. The summed E-state index contributed by atoms with van der Waals surface area (Å²) in [5, 5.41) is 149. The van der Waals surface area contributed by atoms with E-state index in [1.807, 2.05) is 5.32 Å². The lowest BCUT2D eigenvalue weighted by Crippen LogP contribution is -2.64. The molecule has 646 valence electrons. The number of aliphatic hydroxyl groups is 10. The maximum atomic E-state index is 15.3. The van der Waals surface area contributed by atoms with Gasteiger partial charge in [0.2, 0.25) is 89.3 Å². The highest BCUT2D eigenvalue weighted by molar-refractivity contribution is 9.10. The second-order valence-corrected chi connectivity index (χ2v) is 29.4. The number of carbonyl (C=O) groups is 15. The van der Waals surface area contributed by atoms with Crippen LogP contribution in [0.2, 0.25) is 0 Å². The lowest BCUT2D eigenvalue weighted by atomic mass is 9.98. The predicted octanol–water partition coefficient (Wildman–Crippen LogP) is -10.9. The van der Waals surface area contributed by atoms with Crippen molar-refractivity contribution in [2.75, 3.05) is 26.4 Å². The van der Waals surface area contributed by atoms with E-state index in [-0.39, 0.29) is 5.56 Å². The molecule has 4 aromatic rings. The second kappa shape index (κ2) is 44.8. The molecule has 0 aliphatic carbocycles. The molecule has 3 aliphatic rings. The van der Waals surface area contributed by atoms with Gasteiger partial charge < -0.3 is 136 Å². The first kappa shape index (κ1) is 94.6. The normalized spacial score (nSPS) is 28.2. The van der Waals surface area contributed by atoms with Gasteiger partial charge in [0.15, 0.2) is 6.10 Å². The first-order valence-electron chi connectivity index (χ1n) is 37.3. The molecule has 1 saturated heterocycles. The Labute approximate surface area is 686 Å². The van der Waals surface area contributed by atoms with Crippen LogP contribution in [0.5, 0.6) is 0 Å². The fourth-order valence-corrected chi connectivity index (χ4v) is 12.9. The van der Waals surface area contributed by atoms with Gasteiger partial charge in [-0.1, -0.05) is 113 Å². The number of carboxylic acid groups (broad SMARTS) is 1. The van der Waals surface area contributed by atoms with Crippen LogP contribution in [0.15, 0.2) is 120 Å². The number of aromatic nitrogens is 2. The van der Waals surface area contributed by atoms with Gasteiger partial charge in [0.25, 0.3) is 5.91 Å². The van der Waals surface area contributed by atoms with Crippen molar-refractivity contribution in [3.05, 3.63) is 142 Å². The number of carbonyl (C=O) groups excluding carboxylic acids is 14. The van der Waals surface area contributed by atoms with Crippen molar-refractivity contribution in [3.63, 3.8) is 0 Å². The van der Waals surface area contributed by atoms with E-state index in [2.05, 4.69) is 74.4 Å². The fourth-order valence-electron chi connectivity index (χ4n) is 12.7. The molecule has 43 nitrogen and oxygen atoms in total. The molecule has 0 spiro atoms. The monoisotopic (exact) mass is 1730 g/mol. The topological polar surface area (TPSA) is 693 Å². The summed E-state index contributed by atoms with van der Waals surface area (Å²) in [5.74, 6) is -21.6. The second-order valence-electron chi connectivity index (χ2n) is 28.4. The van der Waals surface area contributed by atoms with Crippen LogP contribution in [0.3, 0.4) is 0 Å². The number of hydrogen-bond donors (Lipinski definition) is 25. The van der Waals surface area contributed by atoms with Gasteiger partial charge in [-0.25, -0.2) is 13.9 Å². The number of rotatable bonds is 18. The number of halogens is 1. The minimum atomic E-state index is -2.76. The third-order valence-corrected chi connectivity index (χ3v) is 19.7. The van der Waals surface area contributed by atoms with Crippen molar-refractivity contribution in [2.24, 2.45) is 11.5 Å². The number of carboxylic acids is 1. The summed E-state index contributed by atoms with van der Waals surface area (Å²) in [7, 11) is 0. The van der Waals surface area contributed by atoms with Crippen molar-refractivity contribution in [1.29, 1.82) is 0 Å². The standard InChI is InChI=1S/C75H97BrN16O27/c1-35(16-17-37-10-5-3-6-11-37)22-51(97)43-27-56(101)81-49(31-93)69(112)87-48-30-91-29-41(92(34-91)74-62(105)61(104)59(102)53(33-95)119-74)25-46(66(109)89-57(36(2)96)72(115)88-50(32-94)70(113)84-45(65(108)83-43)23-38-12-7-4-8-13-38)80-55(100)15-9-14-42(75(117)118)82-71(114)52(98)28-79-64(107)44(24-39-18-20-40(76)21-19-39)86-73(116)58(60(103)63(78)106)90-67(110)47(26-54(77)99)85-68(48)111/h3-8,10-13,16-22,29,34,36,42-53,57-62,74,93-98,102-105H,9,14-15,23-28,30-33H2,1-2H3,(H16-,77,78,79,80,81,82,83,84,85,86,87,88,89,90,99,100,101,106,107,108,109,110,111,112,113,114,115,116,117,118)/p+1/b17-16+,35-22+/t36-,42-,43-,44-,45-,46?,47-,48?,49-,50-,51-,52-,53-,57-,58-,59+,60+,61+,62-,74-/m0/s1.